The van der Waals surface area contributed by atoms with Crippen LogP contribution in [0.5, 0.6) is 11.5 Å². The summed E-state index contributed by atoms with van der Waals surface area (Å²) >= 11 is 0. The van der Waals surface area contributed by atoms with Crippen molar-refractivity contribution in [1.29, 1.82) is 5.41 Å². The lowest BCUT2D eigenvalue weighted by Crippen LogP contribution is -2.24. The van der Waals surface area contributed by atoms with Gasteiger partial charge in [-0.15, -0.1) is 0 Å². The van der Waals surface area contributed by atoms with Crippen molar-refractivity contribution < 1.29 is 23.7 Å². The molecule has 0 bridgehead atoms. The molecule has 1 fully saturated rings. The van der Waals surface area contributed by atoms with Gasteiger partial charge in [-0.05, 0) is 92.8 Å². The first-order valence-electron chi connectivity index (χ1n) is 12.3. The highest BCUT2D eigenvalue weighted by Crippen LogP contribution is 2.35. The van der Waals surface area contributed by atoms with Crippen LogP contribution in [0.25, 0.3) is 0 Å². The van der Waals surface area contributed by atoms with E-state index in [1.54, 1.807) is 26.4 Å². The maximum absolute atomic E-state index is 12.6. The Morgan fingerprint density at radius 2 is 1.65 bits per heavy atom. The van der Waals surface area contributed by atoms with Gasteiger partial charge in [0.05, 0.1) is 19.3 Å². The summed E-state index contributed by atoms with van der Waals surface area (Å²) in [6, 6.07) is 13.3. The third-order valence-corrected chi connectivity index (χ3v) is 6.43. The number of rotatable bonds is 13. The molecule has 34 heavy (non-hydrogen) atoms. The number of hydrogen-bond acceptors (Lipinski definition) is 6. The van der Waals surface area contributed by atoms with Crippen LogP contribution in [0.2, 0.25) is 0 Å². The first-order chi connectivity index (χ1) is 16.6. The van der Waals surface area contributed by atoms with Gasteiger partial charge in [-0.2, -0.15) is 0 Å². The van der Waals surface area contributed by atoms with Gasteiger partial charge in [0, 0.05) is 25.5 Å². The van der Waals surface area contributed by atoms with E-state index in [2.05, 4.69) is 6.07 Å². The highest BCUT2D eigenvalue weighted by molar-refractivity contribution is 5.89. The summed E-state index contributed by atoms with van der Waals surface area (Å²) in [4.78, 5) is 12.6. The van der Waals surface area contributed by atoms with Gasteiger partial charge in [0.15, 0.2) is 0 Å². The fourth-order valence-corrected chi connectivity index (χ4v) is 4.43. The van der Waals surface area contributed by atoms with Gasteiger partial charge >= 0.3 is 5.97 Å². The average Bonchev–Trinajstić information content (AvgIpc) is 2.88. The summed E-state index contributed by atoms with van der Waals surface area (Å²) in [5.41, 5.74) is 2.57. The molecular weight excluding hydrogens is 430 g/mol. The molecule has 1 saturated carbocycles. The van der Waals surface area contributed by atoms with Crippen LogP contribution in [0, 0.1) is 5.41 Å². The second kappa shape index (κ2) is 13.8. The quantitative estimate of drug-likeness (QED) is 0.217. The Kier molecular flexibility index (Phi) is 10.4. The van der Waals surface area contributed by atoms with Gasteiger partial charge in [-0.25, -0.2) is 4.79 Å². The van der Waals surface area contributed by atoms with Crippen LogP contribution in [-0.2, 0) is 9.47 Å². The van der Waals surface area contributed by atoms with E-state index in [0.29, 0.717) is 18.1 Å². The second-order valence-corrected chi connectivity index (χ2v) is 8.80. The molecule has 1 aliphatic carbocycles. The third-order valence-electron chi connectivity index (χ3n) is 6.43. The summed E-state index contributed by atoms with van der Waals surface area (Å²) in [6.45, 7) is 1.49. The van der Waals surface area contributed by atoms with Gasteiger partial charge in [0.25, 0.3) is 0 Å². The molecule has 0 heterocycles. The zero-order valence-electron chi connectivity index (χ0n) is 20.4. The molecule has 0 unspecified atom stereocenters. The van der Waals surface area contributed by atoms with E-state index >= 15 is 0 Å². The fraction of sp³-hybridized carbons (Fsp3) is 0.500. The lowest BCUT2D eigenvalue weighted by Gasteiger charge is -2.29. The molecule has 1 aliphatic rings. The van der Waals surface area contributed by atoms with Gasteiger partial charge < -0.3 is 24.4 Å². The molecule has 6 heteroatoms. The molecule has 3 rings (SSSR count). The van der Waals surface area contributed by atoms with Crippen molar-refractivity contribution in [3.05, 3.63) is 59.2 Å². The van der Waals surface area contributed by atoms with Crippen molar-refractivity contribution in [2.75, 3.05) is 27.4 Å². The van der Waals surface area contributed by atoms with E-state index in [9.17, 15) is 4.79 Å². The van der Waals surface area contributed by atoms with Crippen LogP contribution in [0.3, 0.4) is 0 Å². The number of esters is 1. The van der Waals surface area contributed by atoms with E-state index in [4.69, 9.17) is 24.4 Å². The Morgan fingerprint density at radius 1 is 0.941 bits per heavy atom. The molecule has 0 aliphatic heterocycles. The van der Waals surface area contributed by atoms with Gasteiger partial charge in [0.1, 0.15) is 17.6 Å². The Morgan fingerprint density at radius 3 is 2.29 bits per heavy atom. The number of carbonyl (C=O) groups is 1. The molecule has 6 nitrogen and oxygen atoms in total. The predicted molar refractivity (Wildman–Crippen MR) is 134 cm³/mol. The van der Waals surface area contributed by atoms with E-state index in [1.165, 1.54) is 11.8 Å². The van der Waals surface area contributed by atoms with E-state index in [-0.39, 0.29) is 12.1 Å². The highest BCUT2D eigenvalue weighted by atomic mass is 16.5. The smallest absolute Gasteiger partial charge is 0.338 e. The number of unbranched alkanes of at least 4 members (excludes halogenated alkanes) is 3. The summed E-state index contributed by atoms with van der Waals surface area (Å²) in [5.74, 6) is 1.63. The zero-order chi connectivity index (χ0) is 24.2. The van der Waals surface area contributed by atoms with E-state index < -0.39 is 0 Å². The minimum atomic E-state index is -0.274. The fourth-order valence-electron chi connectivity index (χ4n) is 4.43. The van der Waals surface area contributed by atoms with Crippen molar-refractivity contribution in [3.63, 3.8) is 0 Å². The summed E-state index contributed by atoms with van der Waals surface area (Å²) in [7, 11) is 3.35. The van der Waals surface area contributed by atoms with Crippen LogP contribution in [-0.4, -0.2) is 45.7 Å². The highest BCUT2D eigenvalue weighted by Gasteiger charge is 2.25. The normalized spacial score (nSPS) is 17.7. The number of nitrogens with one attached hydrogen (secondary N) is 1. The maximum Gasteiger partial charge on any atom is 0.338 e. The Hall–Kier alpha value is -2.86. The van der Waals surface area contributed by atoms with Crippen molar-refractivity contribution in [1.82, 2.24) is 0 Å². The number of carbonyl (C=O) groups excluding carboxylic acids is 1. The maximum atomic E-state index is 12.6. The van der Waals surface area contributed by atoms with E-state index in [0.717, 1.165) is 75.0 Å². The Balaban J connectivity index is 1.40. The molecule has 184 valence electrons. The minimum absolute atomic E-state index is 0.0572. The molecule has 1 N–H and O–H groups in total. The number of hydrogen-bond donors (Lipinski definition) is 1. The number of methoxy groups -OCH3 is 2. The number of ether oxygens (including phenoxy) is 4. The van der Waals surface area contributed by atoms with Crippen molar-refractivity contribution in [2.24, 2.45) is 0 Å². The van der Waals surface area contributed by atoms with Crippen molar-refractivity contribution in [2.45, 2.75) is 63.4 Å². The third kappa shape index (κ3) is 7.59. The SMILES string of the molecule is COCCCCCCOc1ccc(C(=O)OC2CCC(c3ccc(OC)c(C=N)c3)CC2)cc1. The lowest BCUT2D eigenvalue weighted by atomic mass is 9.82. The summed E-state index contributed by atoms with van der Waals surface area (Å²) < 4.78 is 21.9. The monoisotopic (exact) mass is 467 g/mol. The van der Waals surface area contributed by atoms with Crippen LogP contribution >= 0.6 is 0 Å². The summed E-state index contributed by atoms with van der Waals surface area (Å²) in [5, 5.41) is 7.60. The first kappa shape index (κ1) is 25.8. The van der Waals surface area contributed by atoms with Crippen molar-refractivity contribution >= 4 is 12.2 Å². The van der Waals surface area contributed by atoms with E-state index in [1.807, 2.05) is 24.3 Å². The standard InChI is InChI=1S/C28H37NO5/c1-31-17-5-3-4-6-18-33-25-12-9-22(10-13-25)28(30)34-26-14-7-21(8-15-26)23-11-16-27(32-2)24(19-23)20-29/h9-13,16,19-21,26,29H,3-8,14-15,17-18H2,1-2H3. The van der Waals surface area contributed by atoms with Gasteiger partial charge in [0.2, 0.25) is 0 Å². The predicted octanol–water partition coefficient (Wildman–Crippen LogP) is 6.16. The molecule has 0 saturated heterocycles. The van der Waals surface area contributed by atoms with Crippen LogP contribution in [0.1, 0.15) is 78.8 Å². The molecule has 0 atom stereocenters. The first-order valence-corrected chi connectivity index (χ1v) is 12.3. The van der Waals surface area contributed by atoms with Gasteiger partial charge in [-0.3, -0.25) is 0 Å². The Labute approximate surface area is 203 Å². The largest absolute Gasteiger partial charge is 0.496 e. The molecular formula is C28H37NO5. The lowest BCUT2D eigenvalue weighted by molar-refractivity contribution is 0.0195. The topological polar surface area (TPSA) is 77.8 Å². The number of benzene rings is 2. The van der Waals surface area contributed by atoms with Crippen LogP contribution in [0.4, 0.5) is 0 Å². The summed E-state index contributed by atoms with van der Waals surface area (Å²) in [6.07, 6.45) is 9.24. The van der Waals surface area contributed by atoms with Crippen LogP contribution < -0.4 is 9.47 Å². The van der Waals surface area contributed by atoms with Gasteiger partial charge in [-0.1, -0.05) is 12.5 Å². The molecule has 0 spiro atoms. The van der Waals surface area contributed by atoms with Crippen molar-refractivity contribution in [3.8, 4) is 11.5 Å². The Bertz CT molecular complexity index is 904. The van der Waals surface area contributed by atoms with Crippen LogP contribution in [0.15, 0.2) is 42.5 Å². The molecule has 0 radical (unpaired) electrons. The molecule has 0 aromatic heterocycles. The molecule has 2 aromatic carbocycles. The molecule has 0 amide bonds. The second-order valence-electron chi connectivity index (χ2n) is 8.80. The average molecular weight is 468 g/mol. The minimum Gasteiger partial charge on any atom is -0.496 e. The zero-order valence-corrected chi connectivity index (χ0v) is 20.4. The molecule has 2 aromatic rings.